The smallest absolute Gasteiger partial charge is 0.00435 e. The van der Waals surface area contributed by atoms with Crippen molar-refractivity contribution >= 4 is 21.5 Å². The van der Waals surface area contributed by atoms with Gasteiger partial charge in [-0.3, -0.25) is 0 Å². The second-order valence-electron chi connectivity index (χ2n) is 9.78. The number of rotatable bonds is 6. The van der Waals surface area contributed by atoms with Crippen LogP contribution in [0.1, 0.15) is 71.4 Å². The molecule has 0 nitrogen and oxygen atoms in total. The summed E-state index contributed by atoms with van der Waals surface area (Å²) in [6, 6.07) is 18.4. The summed E-state index contributed by atoms with van der Waals surface area (Å²) >= 11 is 0. The van der Waals surface area contributed by atoms with Crippen molar-refractivity contribution in [2.45, 2.75) is 72.1 Å². The molecule has 0 spiro atoms. The predicted octanol–water partition coefficient (Wildman–Crippen LogP) is 8.30. The lowest BCUT2D eigenvalue weighted by molar-refractivity contribution is 0.249. The van der Waals surface area contributed by atoms with Gasteiger partial charge in [0, 0.05) is 0 Å². The lowest BCUT2D eigenvalue weighted by Crippen LogP contribution is -2.28. The minimum atomic E-state index is 0.324. The zero-order valence-corrected chi connectivity index (χ0v) is 18.4. The van der Waals surface area contributed by atoms with Crippen molar-refractivity contribution in [3.05, 3.63) is 59.7 Å². The molecular formula is C28H36. The van der Waals surface area contributed by atoms with Gasteiger partial charge in [-0.25, -0.2) is 0 Å². The van der Waals surface area contributed by atoms with Crippen LogP contribution >= 0.6 is 0 Å². The Kier molecular flexibility index (Phi) is 5.25. The molecule has 0 aliphatic heterocycles. The van der Waals surface area contributed by atoms with E-state index in [2.05, 4.69) is 83.1 Å². The lowest BCUT2D eigenvalue weighted by Gasteiger charge is -2.34. The fourth-order valence-electron chi connectivity index (χ4n) is 5.78. The van der Waals surface area contributed by atoms with Crippen molar-refractivity contribution in [3.63, 3.8) is 0 Å². The molecule has 0 bridgehead atoms. The molecule has 148 valence electrons. The van der Waals surface area contributed by atoms with E-state index in [4.69, 9.17) is 0 Å². The molecule has 0 saturated heterocycles. The first-order valence-electron chi connectivity index (χ1n) is 11.4. The van der Waals surface area contributed by atoms with Crippen LogP contribution in [-0.4, -0.2) is 0 Å². The molecule has 0 radical (unpaired) electrons. The van der Waals surface area contributed by atoms with Gasteiger partial charge in [0.05, 0.1) is 0 Å². The van der Waals surface area contributed by atoms with Crippen molar-refractivity contribution < 1.29 is 0 Å². The molecule has 4 rings (SSSR count). The van der Waals surface area contributed by atoms with Crippen molar-refractivity contribution in [1.82, 2.24) is 0 Å². The van der Waals surface area contributed by atoms with Gasteiger partial charge in [-0.15, -0.1) is 0 Å². The first-order valence-corrected chi connectivity index (χ1v) is 11.4. The zero-order valence-electron chi connectivity index (χ0n) is 18.4. The highest BCUT2D eigenvalue weighted by Crippen LogP contribution is 2.48. The summed E-state index contributed by atoms with van der Waals surface area (Å²) in [7, 11) is 0. The van der Waals surface area contributed by atoms with Crippen LogP contribution in [0.4, 0.5) is 0 Å². The fourth-order valence-corrected chi connectivity index (χ4v) is 5.78. The maximum atomic E-state index is 2.53. The van der Waals surface area contributed by atoms with E-state index >= 15 is 0 Å². The number of hydrogen-bond donors (Lipinski definition) is 0. The Morgan fingerprint density at radius 3 is 2.36 bits per heavy atom. The first kappa shape index (κ1) is 19.5. The molecule has 0 N–H and O–H groups in total. The first-order chi connectivity index (χ1) is 13.5. The number of benzene rings is 3. The molecule has 0 saturated carbocycles. The van der Waals surface area contributed by atoms with E-state index in [1.54, 1.807) is 11.1 Å². The summed E-state index contributed by atoms with van der Waals surface area (Å²) in [5.41, 5.74) is 3.57. The predicted molar refractivity (Wildman–Crippen MR) is 124 cm³/mol. The minimum Gasteiger partial charge on any atom is -0.0651 e. The van der Waals surface area contributed by atoms with Gasteiger partial charge >= 0.3 is 0 Å². The molecule has 3 aromatic rings. The van der Waals surface area contributed by atoms with Crippen molar-refractivity contribution in [2.24, 2.45) is 17.8 Å². The molecule has 0 fully saturated rings. The molecule has 1 aliphatic rings. The van der Waals surface area contributed by atoms with Gasteiger partial charge in [-0.2, -0.15) is 0 Å². The van der Waals surface area contributed by atoms with E-state index in [1.165, 1.54) is 53.6 Å². The summed E-state index contributed by atoms with van der Waals surface area (Å²) in [5.74, 6) is 2.41. The molecule has 0 heteroatoms. The molecule has 0 heterocycles. The topological polar surface area (TPSA) is 0 Å². The molecule has 28 heavy (non-hydrogen) atoms. The summed E-state index contributed by atoms with van der Waals surface area (Å²) in [5, 5.41) is 5.66. The van der Waals surface area contributed by atoms with Crippen LogP contribution < -0.4 is 0 Å². The second-order valence-corrected chi connectivity index (χ2v) is 9.78. The summed E-state index contributed by atoms with van der Waals surface area (Å²) in [6.45, 7) is 12.2. The van der Waals surface area contributed by atoms with Crippen LogP contribution in [0.25, 0.3) is 21.5 Å². The molecule has 3 atom stereocenters. The Labute approximate surface area is 171 Å². The third-order valence-corrected chi connectivity index (χ3v) is 8.07. The third-order valence-electron chi connectivity index (χ3n) is 8.07. The zero-order chi connectivity index (χ0) is 19.9. The summed E-state index contributed by atoms with van der Waals surface area (Å²) in [6.07, 6.45) is 6.57. The Balaban J connectivity index is 1.68. The average Bonchev–Trinajstić information content (AvgIpc) is 3.06. The summed E-state index contributed by atoms with van der Waals surface area (Å²) in [4.78, 5) is 0. The maximum Gasteiger partial charge on any atom is -0.00435 e. The van der Waals surface area contributed by atoms with Crippen LogP contribution in [-0.2, 0) is 11.8 Å². The van der Waals surface area contributed by atoms with Crippen molar-refractivity contribution in [3.8, 4) is 0 Å². The normalized spacial score (nSPS) is 21.4. The standard InChI is InChI=1S/C28H36/c1-6-21(19(2)3)12-11-20(4)28(5)18-17-26-25-14-13-22-9-7-8-10-23(22)24(25)15-16-27(26)28/h7-10,13-16,19-21H,6,11-12,17-18H2,1-5H3. The van der Waals surface area contributed by atoms with Gasteiger partial charge in [0.2, 0.25) is 0 Å². The number of aryl methyl sites for hydroxylation is 1. The Hall–Kier alpha value is -1.82. The quantitative estimate of drug-likeness (QED) is 0.382. The lowest BCUT2D eigenvalue weighted by atomic mass is 9.70. The van der Waals surface area contributed by atoms with E-state index in [0.717, 1.165) is 17.8 Å². The largest absolute Gasteiger partial charge is 0.0651 e. The Morgan fingerprint density at radius 2 is 1.61 bits per heavy atom. The third kappa shape index (κ3) is 3.15. The van der Waals surface area contributed by atoms with Gasteiger partial charge in [-0.05, 0) is 81.5 Å². The molecular weight excluding hydrogens is 336 g/mol. The Morgan fingerprint density at radius 1 is 0.857 bits per heavy atom. The van der Waals surface area contributed by atoms with Crippen LogP contribution in [0.5, 0.6) is 0 Å². The monoisotopic (exact) mass is 372 g/mol. The highest BCUT2D eigenvalue weighted by molar-refractivity contribution is 6.08. The second kappa shape index (κ2) is 7.54. The molecule has 0 amide bonds. The minimum absolute atomic E-state index is 0.324. The number of fused-ring (bicyclic) bond motifs is 5. The molecule has 1 aliphatic carbocycles. The van der Waals surface area contributed by atoms with Gasteiger partial charge < -0.3 is 0 Å². The van der Waals surface area contributed by atoms with Crippen LogP contribution in [0.3, 0.4) is 0 Å². The van der Waals surface area contributed by atoms with E-state index in [1.807, 2.05) is 0 Å². The van der Waals surface area contributed by atoms with E-state index in [0.29, 0.717) is 5.41 Å². The summed E-state index contributed by atoms with van der Waals surface area (Å²) < 4.78 is 0. The SMILES string of the molecule is CCC(CCC(C)C1(C)CCc2c1ccc1c2ccc2ccccc21)C(C)C. The van der Waals surface area contributed by atoms with Crippen LogP contribution in [0.15, 0.2) is 48.5 Å². The Bertz CT molecular complexity index is 980. The average molecular weight is 373 g/mol. The molecule has 3 unspecified atom stereocenters. The number of hydrogen-bond acceptors (Lipinski definition) is 0. The van der Waals surface area contributed by atoms with Gasteiger partial charge in [0.1, 0.15) is 0 Å². The molecule has 0 aromatic heterocycles. The van der Waals surface area contributed by atoms with Crippen molar-refractivity contribution in [2.75, 3.05) is 0 Å². The van der Waals surface area contributed by atoms with Crippen LogP contribution in [0.2, 0.25) is 0 Å². The fraction of sp³-hybridized carbons (Fsp3) is 0.500. The van der Waals surface area contributed by atoms with E-state index in [9.17, 15) is 0 Å². The van der Waals surface area contributed by atoms with Gasteiger partial charge in [-0.1, -0.05) is 89.6 Å². The van der Waals surface area contributed by atoms with E-state index < -0.39 is 0 Å². The van der Waals surface area contributed by atoms with Crippen molar-refractivity contribution in [1.29, 1.82) is 0 Å². The molecule has 3 aromatic carbocycles. The maximum absolute atomic E-state index is 2.53. The highest BCUT2D eigenvalue weighted by Gasteiger charge is 2.39. The van der Waals surface area contributed by atoms with Crippen LogP contribution in [0, 0.1) is 17.8 Å². The van der Waals surface area contributed by atoms with Gasteiger partial charge in [0.15, 0.2) is 0 Å². The van der Waals surface area contributed by atoms with E-state index in [-0.39, 0.29) is 0 Å². The highest BCUT2D eigenvalue weighted by atomic mass is 14.4. The van der Waals surface area contributed by atoms with Gasteiger partial charge in [0.25, 0.3) is 0 Å².